The average Bonchev–Trinajstić information content (AvgIpc) is 2.56. The molecule has 0 aliphatic carbocycles. The minimum absolute atomic E-state index is 0.278. The zero-order valence-corrected chi connectivity index (χ0v) is 16.6. The molecule has 1 amide bonds. The van der Waals surface area contributed by atoms with Crippen molar-refractivity contribution in [3.05, 3.63) is 45.3 Å². The molecule has 1 N–H and O–H groups in total. The van der Waals surface area contributed by atoms with Gasteiger partial charge in [-0.3, -0.25) is 4.79 Å². The van der Waals surface area contributed by atoms with Crippen molar-refractivity contribution in [2.24, 2.45) is 0 Å². The van der Waals surface area contributed by atoms with Crippen LogP contribution in [0.2, 0.25) is 0 Å². The van der Waals surface area contributed by atoms with Gasteiger partial charge in [-0.2, -0.15) is 0 Å². The molecule has 0 fully saturated rings. The van der Waals surface area contributed by atoms with Gasteiger partial charge in [0.25, 0.3) is 5.91 Å². The maximum atomic E-state index is 12.4. The van der Waals surface area contributed by atoms with Gasteiger partial charge in [-0.25, -0.2) is 0 Å². The van der Waals surface area contributed by atoms with Crippen LogP contribution in [0.15, 0.2) is 45.3 Å². The molecule has 0 saturated carbocycles. The van der Waals surface area contributed by atoms with Crippen LogP contribution in [-0.2, 0) is 4.79 Å². The molecule has 1 atom stereocenters. The van der Waals surface area contributed by atoms with Crippen molar-refractivity contribution in [2.45, 2.75) is 13.0 Å². The van der Waals surface area contributed by atoms with Gasteiger partial charge in [0, 0.05) is 28.4 Å². The Morgan fingerprint density at radius 3 is 2.21 bits per heavy atom. The van der Waals surface area contributed by atoms with Crippen LogP contribution in [0.4, 0.5) is 5.69 Å². The molecule has 0 spiro atoms. The van der Waals surface area contributed by atoms with Crippen LogP contribution < -0.4 is 19.5 Å². The number of amides is 1. The monoisotopic (exact) mass is 457 g/mol. The summed E-state index contributed by atoms with van der Waals surface area (Å²) in [5, 5.41) is 2.79. The van der Waals surface area contributed by atoms with Crippen molar-refractivity contribution in [2.75, 3.05) is 19.5 Å². The third-order valence-corrected chi connectivity index (χ3v) is 4.30. The number of halogens is 2. The van der Waals surface area contributed by atoms with E-state index in [1.165, 1.54) is 0 Å². The van der Waals surface area contributed by atoms with Crippen LogP contribution in [0.25, 0.3) is 0 Å². The van der Waals surface area contributed by atoms with E-state index in [1.807, 2.05) is 12.1 Å². The lowest BCUT2D eigenvalue weighted by Crippen LogP contribution is -2.30. The number of carbonyl (C=O) groups excluding carboxylic acids is 1. The molecule has 24 heavy (non-hydrogen) atoms. The van der Waals surface area contributed by atoms with Gasteiger partial charge in [-0.15, -0.1) is 0 Å². The van der Waals surface area contributed by atoms with E-state index in [0.29, 0.717) is 22.9 Å². The fourth-order valence-electron chi connectivity index (χ4n) is 1.94. The van der Waals surface area contributed by atoms with Gasteiger partial charge in [0.05, 0.1) is 18.7 Å². The summed E-state index contributed by atoms with van der Waals surface area (Å²) in [4.78, 5) is 12.4. The topological polar surface area (TPSA) is 56.8 Å². The number of methoxy groups -OCH3 is 2. The van der Waals surface area contributed by atoms with E-state index in [1.54, 1.807) is 45.4 Å². The van der Waals surface area contributed by atoms with E-state index in [-0.39, 0.29) is 5.91 Å². The Balaban J connectivity index is 2.08. The van der Waals surface area contributed by atoms with Crippen molar-refractivity contribution in [1.29, 1.82) is 0 Å². The molecule has 128 valence electrons. The first-order valence-electron chi connectivity index (χ1n) is 7.08. The highest BCUT2D eigenvalue weighted by molar-refractivity contribution is 9.11. The van der Waals surface area contributed by atoms with Crippen LogP contribution in [0.3, 0.4) is 0 Å². The number of carbonyl (C=O) groups is 1. The predicted molar refractivity (Wildman–Crippen MR) is 100 cm³/mol. The molecule has 0 aliphatic heterocycles. The number of rotatable bonds is 6. The van der Waals surface area contributed by atoms with Crippen LogP contribution in [0.1, 0.15) is 6.92 Å². The number of hydrogen-bond donors (Lipinski definition) is 1. The van der Waals surface area contributed by atoms with Gasteiger partial charge in [-0.05, 0) is 41.1 Å². The summed E-state index contributed by atoms with van der Waals surface area (Å²) in [6, 6.07) is 10.6. The van der Waals surface area contributed by atoms with E-state index in [0.717, 1.165) is 8.95 Å². The van der Waals surface area contributed by atoms with E-state index >= 15 is 0 Å². The van der Waals surface area contributed by atoms with Gasteiger partial charge in [0.1, 0.15) is 17.2 Å². The third kappa shape index (κ3) is 4.88. The second-order valence-electron chi connectivity index (χ2n) is 4.93. The number of ether oxygens (including phenoxy) is 3. The molecule has 2 rings (SSSR count). The standard InChI is InChI=1S/C17H17Br2NO4/c1-10(24-16-5-4-11(18)6-15(16)19)17(21)20-12-7-13(22-2)9-14(8-12)23-3/h4-10H,1-3H3,(H,20,21). The molecular weight excluding hydrogens is 442 g/mol. The van der Waals surface area contributed by atoms with Gasteiger partial charge < -0.3 is 19.5 Å². The largest absolute Gasteiger partial charge is 0.497 e. The highest BCUT2D eigenvalue weighted by atomic mass is 79.9. The number of nitrogens with one attached hydrogen (secondary N) is 1. The zero-order chi connectivity index (χ0) is 17.7. The van der Waals surface area contributed by atoms with Crippen LogP contribution >= 0.6 is 31.9 Å². The fraction of sp³-hybridized carbons (Fsp3) is 0.235. The molecule has 0 saturated heterocycles. The normalized spacial score (nSPS) is 11.5. The van der Waals surface area contributed by atoms with Crippen molar-refractivity contribution in [3.8, 4) is 17.2 Å². The van der Waals surface area contributed by atoms with Crippen molar-refractivity contribution in [3.63, 3.8) is 0 Å². The first-order valence-corrected chi connectivity index (χ1v) is 8.67. The molecule has 0 aliphatic rings. The van der Waals surface area contributed by atoms with E-state index in [4.69, 9.17) is 14.2 Å². The van der Waals surface area contributed by atoms with E-state index in [2.05, 4.69) is 37.2 Å². The lowest BCUT2D eigenvalue weighted by Gasteiger charge is -2.16. The van der Waals surface area contributed by atoms with Crippen LogP contribution in [0, 0.1) is 0 Å². The Morgan fingerprint density at radius 2 is 1.67 bits per heavy atom. The van der Waals surface area contributed by atoms with Crippen molar-refractivity contribution in [1.82, 2.24) is 0 Å². The number of benzene rings is 2. The Bertz CT molecular complexity index is 714. The lowest BCUT2D eigenvalue weighted by molar-refractivity contribution is -0.122. The SMILES string of the molecule is COc1cc(NC(=O)C(C)Oc2ccc(Br)cc2Br)cc(OC)c1. The van der Waals surface area contributed by atoms with Crippen molar-refractivity contribution < 1.29 is 19.0 Å². The summed E-state index contributed by atoms with van der Waals surface area (Å²) in [5.74, 6) is 1.49. The van der Waals surface area contributed by atoms with Crippen molar-refractivity contribution >= 4 is 43.5 Å². The number of hydrogen-bond acceptors (Lipinski definition) is 4. The Labute approximate surface area is 157 Å². The lowest BCUT2D eigenvalue weighted by atomic mass is 10.2. The Morgan fingerprint density at radius 1 is 1.04 bits per heavy atom. The molecule has 2 aromatic carbocycles. The first kappa shape index (κ1) is 18.6. The molecule has 0 bridgehead atoms. The molecule has 0 aromatic heterocycles. The maximum absolute atomic E-state index is 12.4. The molecular formula is C17H17Br2NO4. The molecule has 5 nitrogen and oxygen atoms in total. The quantitative estimate of drug-likeness (QED) is 0.685. The second kappa shape index (κ2) is 8.39. The summed E-state index contributed by atoms with van der Waals surface area (Å²) < 4.78 is 17.8. The zero-order valence-electron chi connectivity index (χ0n) is 13.4. The van der Waals surface area contributed by atoms with Crippen LogP contribution in [0.5, 0.6) is 17.2 Å². The minimum Gasteiger partial charge on any atom is -0.497 e. The highest BCUT2D eigenvalue weighted by Gasteiger charge is 2.17. The number of anilines is 1. The van der Waals surface area contributed by atoms with Crippen LogP contribution in [-0.4, -0.2) is 26.2 Å². The fourth-order valence-corrected chi connectivity index (χ4v) is 3.08. The smallest absolute Gasteiger partial charge is 0.265 e. The summed E-state index contributed by atoms with van der Waals surface area (Å²) in [5.41, 5.74) is 0.571. The van der Waals surface area contributed by atoms with Gasteiger partial charge in [-0.1, -0.05) is 15.9 Å². The average molecular weight is 459 g/mol. The second-order valence-corrected chi connectivity index (χ2v) is 6.70. The Hall–Kier alpha value is -1.73. The predicted octanol–water partition coefficient (Wildman–Crippen LogP) is 4.63. The molecule has 2 aromatic rings. The highest BCUT2D eigenvalue weighted by Crippen LogP contribution is 2.29. The first-order chi connectivity index (χ1) is 11.4. The van der Waals surface area contributed by atoms with Gasteiger partial charge >= 0.3 is 0 Å². The summed E-state index contributed by atoms with van der Waals surface area (Å²) in [6.45, 7) is 1.68. The third-order valence-electron chi connectivity index (χ3n) is 3.19. The Kier molecular flexibility index (Phi) is 6.51. The minimum atomic E-state index is -0.681. The molecule has 7 heteroatoms. The summed E-state index contributed by atoms with van der Waals surface area (Å²) in [7, 11) is 3.11. The maximum Gasteiger partial charge on any atom is 0.265 e. The summed E-state index contributed by atoms with van der Waals surface area (Å²) >= 11 is 6.78. The van der Waals surface area contributed by atoms with Gasteiger partial charge in [0.2, 0.25) is 0 Å². The molecule has 0 heterocycles. The molecule has 1 unspecified atom stereocenters. The van der Waals surface area contributed by atoms with E-state index in [9.17, 15) is 4.79 Å². The van der Waals surface area contributed by atoms with Gasteiger partial charge in [0.15, 0.2) is 6.10 Å². The molecule has 0 radical (unpaired) electrons. The van der Waals surface area contributed by atoms with E-state index < -0.39 is 6.10 Å². The summed E-state index contributed by atoms with van der Waals surface area (Å²) in [6.07, 6.45) is -0.681.